The number of carbonyl (C=O) groups excluding carboxylic acids is 1. The van der Waals surface area contributed by atoms with Crippen molar-refractivity contribution in [1.29, 1.82) is 0 Å². The molecule has 15 heavy (non-hydrogen) atoms. The molecule has 0 bridgehead atoms. The van der Waals surface area contributed by atoms with Gasteiger partial charge in [-0.1, -0.05) is 18.2 Å². The number of hydrogen-bond acceptors (Lipinski definition) is 1. The summed E-state index contributed by atoms with van der Waals surface area (Å²) >= 11 is 0. The van der Waals surface area contributed by atoms with Crippen molar-refractivity contribution in [2.45, 2.75) is 6.92 Å². The van der Waals surface area contributed by atoms with Crippen LogP contribution in [0.15, 0.2) is 24.3 Å². The molecule has 0 radical (unpaired) electrons. The van der Waals surface area contributed by atoms with E-state index in [0.717, 1.165) is 12.1 Å². The van der Waals surface area contributed by atoms with Crippen molar-refractivity contribution < 1.29 is 69.1 Å². The Labute approximate surface area is 128 Å². The van der Waals surface area contributed by atoms with Crippen molar-refractivity contribution in [2.75, 3.05) is 5.32 Å². The predicted molar refractivity (Wildman–Crippen MR) is 49.5 cm³/mol. The number of nitrogens with one attached hydrogen (secondary N) is 1. The smallest absolute Gasteiger partial charge is 0.445 e. The molecule has 0 unspecified atom stereocenters. The Morgan fingerprint density at radius 3 is 2.40 bits per heavy atom. The van der Waals surface area contributed by atoms with E-state index >= 15 is 0 Å². The zero-order valence-corrected chi connectivity index (χ0v) is 11.6. The molecule has 0 atom stereocenters. The second kappa shape index (κ2) is 6.05. The van der Waals surface area contributed by atoms with Crippen molar-refractivity contribution in [3.05, 3.63) is 24.3 Å². The summed E-state index contributed by atoms with van der Waals surface area (Å²) in [5.74, 6) is -0.392. The maximum atomic E-state index is 12.3. The van der Waals surface area contributed by atoms with Crippen LogP contribution in [-0.2, 0) is 4.79 Å². The first-order valence-electron chi connectivity index (χ1n) is 3.97. The maximum Gasteiger partial charge on any atom is 1.00 e. The van der Waals surface area contributed by atoms with E-state index in [1.54, 1.807) is 0 Å². The Bertz CT molecular complexity index is 356. The summed E-state index contributed by atoms with van der Waals surface area (Å²) in [4.78, 5) is 10.6. The van der Waals surface area contributed by atoms with E-state index in [-0.39, 0.29) is 57.1 Å². The number of halogens is 3. The van der Waals surface area contributed by atoms with Gasteiger partial charge in [-0.2, -0.15) is 0 Å². The van der Waals surface area contributed by atoms with Crippen LogP contribution < -0.4 is 62.2 Å². The van der Waals surface area contributed by atoms with Crippen molar-refractivity contribution >= 4 is 24.0 Å². The van der Waals surface area contributed by atoms with Gasteiger partial charge in [0.2, 0.25) is 5.91 Å². The molecule has 0 aromatic heterocycles. The molecular formula is C8H8BF3KNO. The topological polar surface area (TPSA) is 29.1 Å². The van der Waals surface area contributed by atoms with E-state index in [9.17, 15) is 17.7 Å². The molecule has 0 saturated carbocycles. The Balaban J connectivity index is 0.00000196. The van der Waals surface area contributed by atoms with Gasteiger partial charge in [0.05, 0.1) is 0 Å². The SMILES string of the molecule is CC(=O)Nc1cccc([B-](F)(F)F)c1.[K+]. The molecule has 2 nitrogen and oxygen atoms in total. The molecule has 0 saturated heterocycles. The average molecular weight is 241 g/mol. The van der Waals surface area contributed by atoms with E-state index < -0.39 is 18.3 Å². The van der Waals surface area contributed by atoms with Gasteiger partial charge in [-0.05, 0) is 6.07 Å². The number of anilines is 1. The third kappa shape index (κ3) is 5.17. The third-order valence-electron chi connectivity index (χ3n) is 1.58. The Morgan fingerprint density at radius 2 is 1.93 bits per heavy atom. The summed E-state index contributed by atoms with van der Waals surface area (Å²) in [5.41, 5.74) is -0.551. The van der Waals surface area contributed by atoms with Crippen LogP contribution in [0.3, 0.4) is 0 Å². The van der Waals surface area contributed by atoms with Crippen molar-refractivity contribution in [3.8, 4) is 0 Å². The molecule has 76 valence electrons. The first-order valence-corrected chi connectivity index (χ1v) is 3.97. The summed E-state index contributed by atoms with van der Waals surface area (Å²) in [5, 5.41) is 2.29. The fraction of sp³-hybridized carbons (Fsp3) is 0.125. The van der Waals surface area contributed by atoms with Crippen molar-refractivity contribution in [1.82, 2.24) is 0 Å². The normalized spacial score (nSPS) is 10.4. The largest absolute Gasteiger partial charge is 1.00 e. The molecular weight excluding hydrogens is 233 g/mol. The standard InChI is InChI=1S/C8H8BF3NO.K/c1-6(14)13-8-4-2-3-7(5-8)9(10,11)12;/h2-5H,1H3,(H,13,14);/q-1;+1. The van der Waals surface area contributed by atoms with Crippen LogP contribution in [0.1, 0.15) is 6.92 Å². The molecule has 0 aliphatic carbocycles. The van der Waals surface area contributed by atoms with Gasteiger partial charge in [-0.3, -0.25) is 4.79 Å². The van der Waals surface area contributed by atoms with E-state index in [1.165, 1.54) is 19.1 Å². The fourth-order valence-electron chi connectivity index (χ4n) is 1.02. The van der Waals surface area contributed by atoms with Crippen LogP contribution in [0.5, 0.6) is 0 Å². The van der Waals surface area contributed by atoms with E-state index in [0.29, 0.717) is 0 Å². The summed E-state index contributed by atoms with van der Waals surface area (Å²) < 4.78 is 36.8. The molecule has 1 amide bonds. The zero-order chi connectivity index (χ0) is 10.8. The Morgan fingerprint density at radius 1 is 1.33 bits per heavy atom. The first kappa shape index (κ1) is 15.2. The van der Waals surface area contributed by atoms with Gasteiger partial charge in [0, 0.05) is 12.6 Å². The predicted octanol–water partition coefficient (Wildman–Crippen LogP) is -1.30. The Kier molecular flexibility index (Phi) is 6.12. The quantitative estimate of drug-likeness (QED) is 0.641. The van der Waals surface area contributed by atoms with Crippen LogP contribution in [0.4, 0.5) is 18.6 Å². The molecule has 0 aliphatic rings. The van der Waals surface area contributed by atoms with Gasteiger partial charge in [0.25, 0.3) is 0 Å². The number of carbonyl (C=O) groups is 1. The van der Waals surface area contributed by atoms with Gasteiger partial charge in [-0.25, -0.2) is 0 Å². The molecule has 0 spiro atoms. The molecule has 7 heteroatoms. The number of rotatable bonds is 2. The van der Waals surface area contributed by atoms with Crippen LogP contribution in [0.2, 0.25) is 0 Å². The van der Waals surface area contributed by atoms with Gasteiger partial charge in [0.15, 0.2) is 0 Å². The van der Waals surface area contributed by atoms with Crippen LogP contribution in [0, 0.1) is 0 Å². The number of amides is 1. The third-order valence-corrected chi connectivity index (χ3v) is 1.58. The van der Waals surface area contributed by atoms with Crippen LogP contribution in [-0.4, -0.2) is 12.9 Å². The van der Waals surface area contributed by atoms with Crippen molar-refractivity contribution in [2.24, 2.45) is 0 Å². The molecule has 1 rings (SSSR count). The zero-order valence-electron chi connectivity index (χ0n) is 8.43. The van der Waals surface area contributed by atoms with Gasteiger partial charge >= 0.3 is 58.4 Å². The van der Waals surface area contributed by atoms with E-state index in [1.807, 2.05) is 0 Å². The fourth-order valence-corrected chi connectivity index (χ4v) is 1.02. The minimum Gasteiger partial charge on any atom is -0.445 e. The number of benzene rings is 1. The molecule has 0 fully saturated rings. The Hall–Kier alpha value is 0.181. The monoisotopic (exact) mass is 241 g/mol. The van der Waals surface area contributed by atoms with Gasteiger partial charge in [0.1, 0.15) is 0 Å². The summed E-state index contributed by atoms with van der Waals surface area (Å²) in [7, 11) is 0. The molecule has 0 aliphatic heterocycles. The molecule has 1 aromatic rings. The molecule has 1 N–H and O–H groups in total. The van der Waals surface area contributed by atoms with E-state index in [2.05, 4.69) is 5.32 Å². The van der Waals surface area contributed by atoms with Gasteiger partial charge in [-0.15, -0.1) is 5.46 Å². The van der Waals surface area contributed by atoms with Crippen molar-refractivity contribution in [3.63, 3.8) is 0 Å². The second-order valence-electron chi connectivity index (χ2n) is 2.88. The van der Waals surface area contributed by atoms with Crippen LogP contribution in [0.25, 0.3) is 0 Å². The van der Waals surface area contributed by atoms with Gasteiger partial charge < -0.3 is 18.3 Å². The molecule has 1 aromatic carbocycles. The minimum atomic E-state index is -5.00. The van der Waals surface area contributed by atoms with Crippen LogP contribution >= 0.6 is 0 Å². The molecule has 0 heterocycles. The summed E-state index contributed by atoms with van der Waals surface area (Å²) in [6.07, 6.45) is 0. The summed E-state index contributed by atoms with van der Waals surface area (Å²) in [6.45, 7) is -3.76. The second-order valence-corrected chi connectivity index (χ2v) is 2.88. The first-order chi connectivity index (χ1) is 6.39. The number of hydrogen-bond donors (Lipinski definition) is 1. The average Bonchev–Trinajstić information content (AvgIpc) is 2.01. The van der Waals surface area contributed by atoms with E-state index in [4.69, 9.17) is 0 Å². The summed E-state index contributed by atoms with van der Waals surface area (Å²) in [6, 6.07) is 4.56. The maximum absolute atomic E-state index is 12.3. The minimum absolute atomic E-state index is 0.